The van der Waals surface area contributed by atoms with Crippen LogP contribution < -0.4 is 4.74 Å². The van der Waals surface area contributed by atoms with E-state index in [-0.39, 0.29) is 18.5 Å². The van der Waals surface area contributed by atoms with Crippen molar-refractivity contribution in [2.75, 3.05) is 61.1 Å². The van der Waals surface area contributed by atoms with Gasteiger partial charge in [-0.05, 0) is 43.0 Å². The van der Waals surface area contributed by atoms with Gasteiger partial charge in [0.25, 0.3) is 6.47 Å². The molecule has 2 saturated heterocycles. The molecular weight excluding hydrogens is 386 g/mol. The van der Waals surface area contributed by atoms with Crippen molar-refractivity contribution in [3.63, 3.8) is 0 Å². The minimum atomic E-state index is -0.250. The zero-order valence-electron chi connectivity index (χ0n) is 18.5. The molecular formula is C22H35N3O5. The van der Waals surface area contributed by atoms with Crippen molar-refractivity contribution in [3.05, 3.63) is 29.8 Å². The maximum atomic E-state index is 12.8. The van der Waals surface area contributed by atoms with Crippen LogP contribution in [0.3, 0.4) is 0 Å². The highest BCUT2D eigenvalue weighted by Crippen LogP contribution is 2.45. The van der Waals surface area contributed by atoms with E-state index < -0.39 is 0 Å². The monoisotopic (exact) mass is 421 g/mol. The molecule has 0 saturated carbocycles. The molecule has 3 atom stereocenters. The zero-order chi connectivity index (χ0) is 22.1. The minimum Gasteiger partial charge on any atom is -0.497 e. The predicted molar refractivity (Wildman–Crippen MR) is 115 cm³/mol. The molecule has 2 heterocycles. The molecule has 3 rings (SSSR count). The van der Waals surface area contributed by atoms with E-state index in [0.29, 0.717) is 11.8 Å². The van der Waals surface area contributed by atoms with Crippen LogP contribution in [0.2, 0.25) is 0 Å². The molecule has 2 aliphatic heterocycles. The number of nitrogens with zero attached hydrogens (tertiary/aromatic N) is 3. The van der Waals surface area contributed by atoms with Crippen LogP contribution in [0.1, 0.15) is 24.4 Å². The Morgan fingerprint density at radius 3 is 2.40 bits per heavy atom. The van der Waals surface area contributed by atoms with Crippen molar-refractivity contribution >= 4 is 12.5 Å². The number of ether oxygens (including phenoxy) is 2. The third kappa shape index (κ3) is 5.86. The van der Waals surface area contributed by atoms with Gasteiger partial charge in [-0.15, -0.1) is 0 Å². The summed E-state index contributed by atoms with van der Waals surface area (Å²) in [6.45, 7) is 4.69. The lowest BCUT2D eigenvalue weighted by Gasteiger charge is -2.32. The van der Waals surface area contributed by atoms with Crippen LogP contribution in [0.25, 0.3) is 0 Å². The lowest BCUT2D eigenvalue weighted by molar-refractivity contribution is -0.122. The lowest BCUT2D eigenvalue weighted by atomic mass is 9.89. The van der Waals surface area contributed by atoms with Crippen molar-refractivity contribution in [1.82, 2.24) is 14.7 Å². The van der Waals surface area contributed by atoms with Gasteiger partial charge in [0.1, 0.15) is 5.75 Å². The Bertz CT molecular complexity index is 667. The van der Waals surface area contributed by atoms with Crippen molar-refractivity contribution in [2.45, 2.75) is 18.9 Å². The van der Waals surface area contributed by atoms with Crippen LogP contribution in [0.15, 0.2) is 24.3 Å². The number of carbonyl (C=O) groups is 2. The summed E-state index contributed by atoms with van der Waals surface area (Å²) in [6.07, 6.45) is 2.27. The number of fused-ring (bicyclic) bond motifs is 1. The van der Waals surface area contributed by atoms with Gasteiger partial charge in [-0.2, -0.15) is 0 Å². The molecule has 2 amide bonds. The SMILES string of the molecule is COCCCCN1C[C@@H]2CN(C(=O)N(C)C)[C@@H](c3ccc(OC)cc3)[C@@H]2C1.O=CO. The van der Waals surface area contributed by atoms with Gasteiger partial charge >= 0.3 is 6.03 Å². The average Bonchev–Trinajstić information content (AvgIpc) is 3.28. The maximum absolute atomic E-state index is 12.8. The lowest BCUT2D eigenvalue weighted by Crippen LogP contribution is -2.41. The first kappa shape index (κ1) is 24.0. The summed E-state index contributed by atoms with van der Waals surface area (Å²) < 4.78 is 10.5. The Morgan fingerprint density at radius 1 is 1.17 bits per heavy atom. The normalized spacial score (nSPS) is 22.8. The highest BCUT2D eigenvalue weighted by atomic mass is 16.5. The molecule has 1 aromatic rings. The number of methoxy groups -OCH3 is 2. The third-order valence-electron chi connectivity index (χ3n) is 5.90. The second-order valence-electron chi connectivity index (χ2n) is 8.04. The zero-order valence-corrected chi connectivity index (χ0v) is 18.5. The van der Waals surface area contributed by atoms with E-state index in [1.807, 2.05) is 26.2 Å². The van der Waals surface area contributed by atoms with Gasteiger partial charge in [0.05, 0.1) is 13.2 Å². The van der Waals surface area contributed by atoms with Crippen LogP contribution in [-0.2, 0) is 9.53 Å². The van der Waals surface area contributed by atoms with Gasteiger partial charge in [0.2, 0.25) is 0 Å². The predicted octanol–water partition coefficient (Wildman–Crippen LogP) is 2.41. The van der Waals surface area contributed by atoms with Crippen LogP contribution in [-0.4, -0.2) is 93.4 Å². The molecule has 30 heavy (non-hydrogen) atoms. The molecule has 2 aliphatic rings. The molecule has 0 radical (unpaired) electrons. The summed E-state index contributed by atoms with van der Waals surface area (Å²) in [7, 11) is 7.12. The number of carboxylic acid groups (broad SMARTS) is 1. The fraction of sp³-hybridized carbons (Fsp3) is 0.636. The summed E-state index contributed by atoms with van der Waals surface area (Å²) in [5.41, 5.74) is 1.21. The van der Waals surface area contributed by atoms with Crippen molar-refractivity contribution in [3.8, 4) is 5.75 Å². The molecule has 0 aliphatic carbocycles. The Balaban J connectivity index is 0.00000101. The number of hydrogen-bond donors (Lipinski definition) is 1. The number of carbonyl (C=O) groups excluding carboxylic acids is 1. The topological polar surface area (TPSA) is 82.5 Å². The van der Waals surface area contributed by atoms with E-state index in [4.69, 9.17) is 19.4 Å². The van der Waals surface area contributed by atoms with Gasteiger partial charge in [-0.1, -0.05) is 12.1 Å². The second-order valence-corrected chi connectivity index (χ2v) is 8.04. The quantitative estimate of drug-likeness (QED) is 0.538. The Morgan fingerprint density at radius 2 is 1.83 bits per heavy atom. The van der Waals surface area contributed by atoms with E-state index >= 15 is 0 Å². The van der Waals surface area contributed by atoms with E-state index in [1.54, 1.807) is 19.1 Å². The maximum Gasteiger partial charge on any atom is 0.320 e. The first-order valence-electron chi connectivity index (χ1n) is 10.4. The van der Waals surface area contributed by atoms with Gasteiger partial charge in [0, 0.05) is 53.4 Å². The van der Waals surface area contributed by atoms with Crippen molar-refractivity contribution in [1.29, 1.82) is 0 Å². The summed E-state index contributed by atoms with van der Waals surface area (Å²) in [4.78, 5) is 27.5. The Kier molecular flexibility index (Phi) is 9.39. The number of rotatable bonds is 7. The van der Waals surface area contributed by atoms with E-state index in [9.17, 15) is 4.79 Å². The summed E-state index contributed by atoms with van der Waals surface area (Å²) in [5.74, 6) is 1.89. The average molecular weight is 422 g/mol. The van der Waals surface area contributed by atoms with Crippen molar-refractivity contribution in [2.24, 2.45) is 11.8 Å². The standard InChI is InChI=1S/C21H33N3O3.CH2O2/c1-22(2)21(25)24-14-17-13-23(11-5-6-12-26-3)15-19(17)20(24)16-7-9-18(27-4)10-8-16;2-1-3/h7-10,17,19-20H,5-6,11-15H2,1-4H3;1H,(H,2,3)/t17-,19-,20+;/m1./s1. The van der Waals surface area contributed by atoms with Crippen LogP contribution in [0.5, 0.6) is 5.75 Å². The first-order valence-corrected chi connectivity index (χ1v) is 10.4. The van der Waals surface area contributed by atoms with E-state index in [0.717, 1.165) is 45.0 Å². The first-order chi connectivity index (χ1) is 14.5. The summed E-state index contributed by atoms with van der Waals surface area (Å²) >= 11 is 0. The number of urea groups is 1. The van der Waals surface area contributed by atoms with Gasteiger partial charge in [0.15, 0.2) is 0 Å². The summed E-state index contributed by atoms with van der Waals surface area (Å²) in [6, 6.07) is 8.47. The van der Waals surface area contributed by atoms with Crippen LogP contribution in [0, 0.1) is 11.8 Å². The smallest absolute Gasteiger partial charge is 0.320 e. The molecule has 2 fully saturated rings. The molecule has 168 valence electrons. The molecule has 8 nitrogen and oxygen atoms in total. The number of benzene rings is 1. The highest BCUT2D eigenvalue weighted by Gasteiger charge is 2.49. The third-order valence-corrected chi connectivity index (χ3v) is 5.90. The van der Waals surface area contributed by atoms with Crippen molar-refractivity contribution < 1.29 is 24.2 Å². The molecule has 0 bridgehead atoms. The summed E-state index contributed by atoms with van der Waals surface area (Å²) in [5, 5.41) is 6.89. The fourth-order valence-corrected chi connectivity index (χ4v) is 4.58. The Labute approximate surface area is 179 Å². The Hall–Kier alpha value is -2.32. The van der Waals surface area contributed by atoms with Gasteiger partial charge in [-0.3, -0.25) is 4.79 Å². The molecule has 8 heteroatoms. The molecule has 0 aromatic heterocycles. The fourth-order valence-electron chi connectivity index (χ4n) is 4.58. The van der Waals surface area contributed by atoms with Gasteiger partial charge < -0.3 is 29.3 Å². The molecule has 1 aromatic carbocycles. The van der Waals surface area contributed by atoms with Gasteiger partial charge in [-0.25, -0.2) is 4.79 Å². The number of amides is 2. The molecule has 0 unspecified atom stereocenters. The number of likely N-dealkylation sites (tertiary alicyclic amines) is 2. The van der Waals surface area contributed by atoms with E-state index in [1.165, 1.54) is 12.0 Å². The number of hydrogen-bond acceptors (Lipinski definition) is 5. The van der Waals surface area contributed by atoms with Crippen LogP contribution >= 0.6 is 0 Å². The van der Waals surface area contributed by atoms with Crippen LogP contribution in [0.4, 0.5) is 4.79 Å². The number of unbranched alkanes of at least 4 members (excludes halogenated alkanes) is 1. The van der Waals surface area contributed by atoms with E-state index in [2.05, 4.69) is 21.9 Å². The minimum absolute atomic E-state index is 0.108. The molecule has 0 spiro atoms. The largest absolute Gasteiger partial charge is 0.497 e. The molecule has 1 N–H and O–H groups in total. The second kappa shape index (κ2) is 11.8. The highest BCUT2D eigenvalue weighted by molar-refractivity contribution is 5.75.